The maximum atomic E-state index is 6.03. The smallest absolute Gasteiger partial charge is 0.133 e. The molecule has 112 valence electrons. The molecule has 3 nitrogen and oxygen atoms in total. The maximum absolute atomic E-state index is 6.03. The van der Waals surface area contributed by atoms with Crippen LogP contribution in [0.4, 0.5) is 0 Å². The van der Waals surface area contributed by atoms with E-state index in [0.717, 1.165) is 33.6 Å². The zero-order valence-corrected chi connectivity index (χ0v) is 14.2. The number of nitrogens with one attached hydrogen (secondary N) is 1. The average molecular weight is 350 g/mol. The fraction of sp³-hybridized carbons (Fsp3) is 0.294. The summed E-state index contributed by atoms with van der Waals surface area (Å²) in [4.78, 5) is 0. The predicted molar refractivity (Wildman–Crippen MR) is 89.0 cm³/mol. The summed E-state index contributed by atoms with van der Waals surface area (Å²) in [5.74, 6) is 1.78. The molecule has 0 saturated heterocycles. The highest BCUT2D eigenvalue weighted by molar-refractivity contribution is 9.10. The third kappa shape index (κ3) is 3.99. The van der Waals surface area contributed by atoms with Gasteiger partial charge in [-0.2, -0.15) is 0 Å². The molecule has 0 fully saturated rings. The van der Waals surface area contributed by atoms with Crippen molar-refractivity contribution in [2.45, 2.75) is 20.1 Å². The van der Waals surface area contributed by atoms with Gasteiger partial charge in [0.2, 0.25) is 0 Å². The second kappa shape index (κ2) is 7.48. The van der Waals surface area contributed by atoms with Gasteiger partial charge in [-0.25, -0.2) is 0 Å². The van der Waals surface area contributed by atoms with Gasteiger partial charge in [-0.05, 0) is 53.2 Å². The Balaban J connectivity index is 2.14. The monoisotopic (exact) mass is 349 g/mol. The van der Waals surface area contributed by atoms with E-state index in [2.05, 4.69) is 46.4 Å². The molecular formula is C17H20BrNO2. The highest BCUT2D eigenvalue weighted by Gasteiger charge is 2.08. The van der Waals surface area contributed by atoms with E-state index >= 15 is 0 Å². The second-order valence-electron chi connectivity index (χ2n) is 4.85. The third-order valence-corrected chi connectivity index (χ3v) is 3.88. The summed E-state index contributed by atoms with van der Waals surface area (Å²) < 4.78 is 12.2. The van der Waals surface area contributed by atoms with E-state index in [-0.39, 0.29) is 0 Å². The lowest BCUT2D eigenvalue weighted by Crippen LogP contribution is -2.08. The molecule has 0 unspecified atom stereocenters. The van der Waals surface area contributed by atoms with Crippen LogP contribution in [0.2, 0.25) is 0 Å². The van der Waals surface area contributed by atoms with Crippen molar-refractivity contribution in [3.8, 4) is 11.5 Å². The maximum Gasteiger partial charge on any atom is 0.133 e. The quantitative estimate of drug-likeness (QED) is 0.852. The van der Waals surface area contributed by atoms with Gasteiger partial charge in [0.05, 0.1) is 11.6 Å². The van der Waals surface area contributed by atoms with Crippen molar-refractivity contribution in [3.05, 3.63) is 57.6 Å². The summed E-state index contributed by atoms with van der Waals surface area (Å²) >= 11 is 3.50. The Morgan fingerprint density at radius 3 is 2.67 bits per heavy atom. The Kier molecular flexibility index (Phi) is 5.65. The number of para-hydroxylation sites is 1. The molecule has 0 aromatic heterocycles. The summed E-state index contributed by atoms with van der Waals surface area (Å²) in [6.07, 6.45) is 0. The lowest BCUT2D eigenvalue weighted by Gasteiger charge is -2.14. The van der Waals surface area contributed by atoms with Crippen molar-refractivity contribution in [2.75, 3.05) is 14.2 Å². The predicted octanol–water partition coefficient (Wildman–Crippen LogP) is 4.06. The van der Waals surface area contributed by atoms with Gasteiger partial charge in [0, 0.05) is 12.1 Å². The van der Waals surface area contributed by atoms with E-state index < -0.39 is 0 Å². The number of methoxy groups -OCH3 is 1. The summed E-state index contributed by atoms with van der Waals surface area (Å²) in [6, 6.07) is 12.2. The van der Waals surface area contributed by atoms with Crippen LogP contribution in [0.25, 0.3) is 0 Å². The molecular weight excluding hydrogens is 330 g/mol. The molecule has 4 heteroatoms. The van der Waals surface area contributed by atoms with Crippen molar-refractivity contribution in [1.29, 1.82) is 0 Å². The van der Waals surface area contributed by atoms with Crippen molar-refractivity contribution in [2.24, 2.45) is 0 Å². The molecule has 2 aromatic carbocycles. The van der Waals surface area contributed by atoms with Crippen molar-refractivity contribution >= 4 is 15.9 Å². The standard InChI is InChI=1S/C17H20BrNO2/c1-12-5-4-6-14(10-19-2)17(12)21-11-13-7-8-16(20-3)15(18)9-13/h4-9,19H,10-11H2,1-3H3. The first-order valence-electron chi connectivity index (χ1n) is 6.84. The Morgan fingerprint density at radius 1 is 1.19 bits per heavy atom. The molecule has 2 rings (SSSR count). The van der Waals surface area contributed by atoms with Crippen molar-refractivity contribution in [3.63, 3.8) is 0 Å². The molecule has 21 heavy (non-hydrogen) atoms. The number of hydrogen-bond donors (Lipinski definition) is 1. The van der Waals surface area contributed by atoms with E-state index in [4.69, 9.17) is 9.47 Å². The first-order valence-corrected chi connectivity index (χ1v) is 7.63. The minimum Gasteiger partial charge on any atom is -0.496 e. The molecule has 2 aromatic rings. The molecule has 0 aliphatic carbocycles. The van der Waals surface area contributed by atoms with Crippen LogP contribution in [0, 0.1) is 6.92 Å². The van der Waals surface area contributed by atoms with E-state index in [1.54, 1.807) is 7.11 Å². The highest BCUT2D eigenvalue weighted by atomic mass is 79.9. The van der Waals surface area contributed by atoms with Crippen LogP contribution in [0.5, 0.6) is 11.5 Å². The first-order chi connectivity index (χ1) is 10.2. The largest absolute Gasteiger partial charge is 0.496 e. The zero-order chi connectivity index (χ0) is 15.2. The molecule has 0 spiro atoms. The van der Waals surface area contributed by atoms with E-state index in [1.165, 1.54) is 5.56 Å². The molecule has 0 aliphatic heterocycles. The van der Waals surface area contributed by atoms with Crippen LogP contribution < -0.4 is 14.8 Å². The SMILES string of the molecule is CNCc1cccc(C)c1OCc1ccc(OC)c(Br)c1. The van der Waals surface area contributed by atoms with E-state index in [0.29, 0.717) is 6.61 Å². The normalized spacial score (nSPS) is 10.5. The van der Waals surface area contributed by atoms with Gasteiger partial charge >= 0.3 is 0 Å². The summed E-state index contributed by atoms with van der Waals surface area (Å²) in [6.45, 7) is 3.39. The lowest BCUT2D eigenvalue weighted by atomic mass is 10.1. The topological polar surface area (TPSA) is 30.5 Å². The third-order valence-electron chi connectivity index (χ3n) is 3.26. The van der Waals surface area contributed by atoms with Gasteiger partial charge in [-0.1, -0.05) is 24.3 Å². The molecule has 0 aliphatic rings. The fourth-order valence-electron chi connectivity index (χ4n) is 2.20. The van der Waals surface area contributed by atoms with Gasteiger partial charge in [-0.15, -0.1) is 0 Å². The Bertz CT molecular complexity index is 614. The van der Waals surface area contributed by atoms with Crippen molar-refractivity contribution < 1.29 is 9.47 Å². The number of aryl methyl sites for hydroxylation is 1. The average Bonchev–Trinajstić information content (AvgIpc) is 2.47. The molecule has 0 saturated carbocycles. The van der Waals surface area contributed by atoms with Crippen LogP contribution in [-0.2, 0) is 13.2 Å². The second-order valence-corrected chi connectivity index (χ2v) is 5.71. The number of halogens is 1. The van der Waals surface area contributed by atoms with Crippen LogP contribution in [0.15, 0.2) is 40.9 Å². The van der Waals surface area contributed by atoms with E-state index in [9.17, 15) is 0 Å². The van der Waals surface area contributed by atoms with Crippen LogP contribution >= 0.6 is 15.9 Å². The summed E-state index contributed by atoms with van der Waals surface area (Å²) in [5, 5.41) is 3.17. The van der Waals surface area contributed by atoms with Crippen molar-refractivity contribution in [1.82, 2.24) is 5.32 Å². The minimum absolute atomic E-state index is 0.532. The molecule has 1 N–H and O–H groups in total. The Labute approximate surface area is 134 Å². The lowest BCUT2D eigenvalue weighted by molar-refractivity contribution is 0.300. The van der Waals surface area contributed by atoms with Crippen LogP contribution in [0.1, 0.15) is 16.7 Å². The summed E-state index contributed by atoms with van der Waals surface area (Å²) in [7, 11) is 3.60. The van der Waals surface area contributed by atoms with E-state index in [1.807, 2.05) is 25.2 Å². The van der Waals surface area contributed by atoms with Gasteiger partial charge in [0.1, 0.15) is 18.1 Å². The Hall–Kier alpha value is -1.52. The molecule has 0 radical (unpaired) electrons. The van der Waals surface area contributed by atoms with Gasteiger partial charge in [0.25, 0.3) is 0 Å². The number of rotatable bonds is 6. The molecule has 0 heterocycles. The number of benzene rings is 2. The Morgan fingerprint density at radius 2 is 2.00 bits per heavy atom. The minimum atomic E-state index is 0.532. The molecule has 0 bridgehead atoms. The fourth-order valence-corrected chi connectivity index (χ4v) is 2.79. The first kappa shape index (κ1) is 15.9. The highest BCUT2D eigenvalue weighted by Crippen LogP contribution is 2.28. The van der Waals surface area contributed by atoms with Gasteiger partial charge in [0.15, 0.2) is 0 Å². The van der Waals surface area contributed by atoms with Gasteiger partial charge in [-0.3, -0.25) is 0 Å². The summed E-state index contributed by atoms with van der Waals surface area (Å²) in [5.41, 5.74) is 3.42. The van der Waals surface area contributed by atoms with Gasteiger partial charge < -0.3 is 14.8 Å². The molecule has 0 amide bonds. The molecule has 0 atom stereocenters. The zero-order valence-electron chi connectivity index (χ0n) is 12.6. The van der Waals surface area contributed by atoms with Crippen LogP contribution in [-0.4, -0.2) is 14.2 Å². The number of hydrogen-bond acceptors (Lipinski definition) is 3. The number of ether oxygens (including phenoxy) is 2. The van der Waals surface area contributed by atoms with Crippen LogP contribution in [0.3, 0.4) is 0 Å².